The standard InChI is InChI=1S/C10H20N2O5S2/c1-11(2)9-12-4-5-17-6-10(12,7-18(13)14)8-19(3,15)16/h7H,4-6,8-9H2,1-3H3. The predicted octanol–water partition coefficient (Wildman–Crippen LogP) is -1.70. The molecule has 1 rings (SSSR count). The summed E-state index contributed by atoms with van der Waals surface area (Å²) in [5.74, 6) is -0.276. The van der Waals surface area contributed by atoms with Gasteiger partial charge >= 0.3 is 0 Å². The Balaban J connectivity index is 3.20. The molecule has 112 valence electrons. The molecule has 0 aromatic rings. The third kappa shape index (κ3) is 5.19. The van der Waals surface area contributed by atoms with E-state index in [4.69, 9.17) is 4.74 Å². The molecule has 0 radical (unpaired) electrons. The molecule has 1 aliphatic rings. The van der Waals surface area contributed by atoms with Gasteiger partial charge in [-0.2, -0.15) is 8.42 Å². The van der Waals surface area contributed by atoms with Gasteiger partial charge in [-0.25, -0.2) is 8.42 Å². The molecule has 19 heavy (non-hydrogen) atoms. The summed E-state index contributed by atoms with van der Waals surface area (Å²) in [5.41, 5.74) is -1.12. The van der Waals surface area contributed by atoms with Crippen LogP contribution in [0.25, 0.3) is 0 Å². The Bertz CT molecular complexity index is 532. The first-order valence-electron chi connectivity index (χ1n) is 5.74. The zero-order chi connectivity index (χ0) is 14.7. The lowest BCUT2D eigenvalue weighted by Crippen LogP contribution is -2.63. The molecule has 1 heterocycles. The van der Waals surface area contributed by atoms with Crippen LogP contribution in [0.15, 0.2) is 0 Å². The van der Waals surface area contributed by atoms with Crippen molar-refractivity contribution >= 4 is 25.5 Å². The van der Waals surface area contributed by atoms with Gasteiger partial charge in [-0.3, -0.25) is 9.80 Å². The predicted molar refractivity (Wildman–Crippen MR) is 73.5 cm³/mol. The SMILES string of the molecule is CN(C)CN1CCOCC1(C=S(=O)=O)CS(C)(=O)=O. The minimum atomic E-state index is -3.34. The van der Waals surface area contributed by atoms with E-state index in [0.29, 0.717) is 19.8 Å². The molecule has 0 N–H and O–H groups in total. The highest BCUT2D eigenvalue weighted by atomic mass is 32.2. The van der Waals surface area contributed by atoms with Gasteiger partial charge in [-0.05, 0) is 14.1 Å². The van der Waals surface area contributed by atoms with Crippen LogP contribution < -0.4 is 0 Å². The summed E-state index contributed by atoms with van der Waals surface area (Å²) in [4.78, 5) is 3.69. The second kappa shape index (κ2) is 6.31. The zero-order valence-electron chi connectivity index (χ0n) is 11.4. The highest BCUT2D eigenvalue weighted by Crippen LogP contribution is 2.20. The molecule has 9 heteroatoms. The fourth-order valence-corrected chi connectivity index (χ4v) is 4.22. The van der Waals surface area contributed by atoms with Crippen molar-refractivity contribution in [3.63, 3.8) is 0 Å². The van der Waals surface area contributed by atoms with Gasteiger partial charge in [0, 0.05) is 12.8 Å². The van der Waals surface area contributed by atoms with E-state index in [9.17, 15) is 16.8 Å². The van der Waals surface area contributed by atoms with E-state index in [0.717, 1.165) is 11.6 Å². The Morgan fingerprint density at radius 2 is 2.05 bits per heavy atom. The van der Waals surface area contributed by atoms with Crippen LogP contribution in [0.4, 0.5) is 0 Å². The number of rotatable bonds is 5. The van der Waals surface area contributed by atoms with Gasteiger partial charge in [0.15, 0.2) is 0 Å². The largest absolute Gasteiger partial charge is 0.378 e. The fraction of sp³-hybridized carbons (Fsp3) is 0.900. The zero-order valence-corrected chi connectivity index (χ0v) is 13.0. The van der Waals surface area contributed by atoms with Crippen molar-refractivity contribution in [2.75, 3.05) is 52.5 Å². The molecule has 1 fully saturated rings. The Morgan fingerprint density at radius 1 is 1.42 bits per heavy atom. The van der Waals surface area contributed by atoms with Crippen LogP contribution >= 0.6 is 0 Å². The number of ether oxygens (including phenoxy) is 1. The summed E-state index contributed by atoms with van der Waals surface area (Å²) in [7, 11) is -2.11. The van der Waals surface area contributed by atoms with E-state index in [1.54, 1.807) is 0 Å². The maximum atomic E-state index is 11.6. The lowest BCUT2D eigenvalue weighted by Gasteiger charge is -2.44. The minimum absolute atomic E-state index is 0.0574. The maximum Gasteiger partial charge on any atom is 0.211 e. The summed E-state index contributed by atoms with van der Waals surface area (Å²) in [5, 5.41) is 1.04. The molecule has 0 amide bonds. The van der Waals surface area contributed by atoms with Crippen LogP contribution in [-0.4, -0.2) is 90.1 Å². The molecule has 1 atom stereocenters. The van der Waals surface area contributed by atoms with Gasteiger partial charge < -0.3 is 4.74 Å². The van der Waals surface area contributed by atoms with Crippen LogP contribution in [-0.2, 0) is 24.9 Å². The maximum absolute atomic E-state index is 11.6. The van der Waals surface area contributed by atoms with E-state index in [-0.39, 0.29) is 12.4 Å². The normalized spacial score (nSPS) is 25.5. The van der Waals surface area contributed by atoms with Crippen molar-refractivity contribution in [3.05, 3.63) is 0 Å². The molecule has 7 nitrogen and oxygen atoms in total. The van der Waals surface area contributed by atoms with Crippen LogP contribution in [0.2, 0.25) is 0 Å². The summed E-state index contributed by atoms with van der Waals surface area (Å²) in [6.45, 7) is 1.47. The summed E-state index contributed by atoms with van der Waals surface area (Å²) in [6.07, 6.45) is 1.10. The van der Waals surface area contributed by atoms with Crippen molar-refractivity contribution < 1.29 is 21.6 Å². The van der Waals surface area contributed by atoms with Gasteiger partial charge in [-0.15, -0.1) is 0 Å². The molecular formula is C10H20N2O5S2. The monoisotopic (exact) mass is 312 g/mol. The third-order valence-electron chi connectivity index (χ3n) is 2.77. The molecule has 0 aliphatic carbocycles. The van der Waals surface area contributed by atoms with Crippen molar-refractivity contribution in [1.82, 2.24) is 9.80 Å². The Hall–Kier alpha value is -0.480. The topological polar surface area (TPSA) is 84.0 Å². The van der Waals surface area contributed by atoms with Crippen molar-refractivity contribution in [3.8, 4) is 0 Å². The first kappa shape index (κ1) is 16.6. The number of nitrogens with zero attached hydrogens (tertiary/aromatic N) is 2. The molecule has 1 unspecified atom stereocenters. The molecule has 1 saturated heterocycles. The van der Waals surface area contributed by atoms with Gasteiger partial charge in [0.25, 0.3) is 0 Å². The fourth-order valence-electron chi connectivity index (χ4n) is 2.20. The highest BCUT2D eigenvalue weighted by molar-refractivity contribution is 7.90. The molecule has 0 aromatic carbocycles. The number of hydrogen-bond acceptors (Lipinski definition) is 7. The lowest BCUT2D eigenvalue weighted by atomic mass is 10.0. The van der Waals surface area contributed by atoms with Gasteiger partial charge in [-0.1, -0.05) is 0 Å². The summed E-state index contributed by atoms with van der Waals surface area (Å²) < 4.78 is 50.6. The van der Waals surface area contributed by atoms with Crippen molar-refractivity contribution in [2.24, 2.45) is 0 Å². The second-order valence-electron chi connectivity index (χ2n) is 5.09. The van der Waals surface area contributed by atoms with Crippen LogP contribution in [0.3, 0.4) is 0 Å². The molecule has 0 bridgehead atoms. The van der Waals surface area contributed by atoms with Crippen LogP contribution in [0.1, 0.15) is 0 Å². The molecule has 0 aromatic heterocycles. The van der Waals surface area contributed by atoms with Crippen LogP contribution in [0, 0.1) is 0 Å². The minimum Gasteiger partial charge on any atom is -0.378 e. The van der Waals surface area contributed by atoms with Gasteiger partial charge in [0.05, 0.1) is 36.5 Å². The number of sulfone groups is 1. The van der Waals surface area contributed by atoms with Gasteiger partial charge in [0.1, 0.15) is 9.84 Å². The molecular weight excluding hydrogens is 292 g/mol. The second-order valence-corrected chi connectivity index (χ2v) is 7.99. The Morgan fingerprint density at radius 3 is 2.53 bits per heavy atom. The van der Waals surface area contributed by atoms with E-state index < -0.39 is 25.7 Å². The number of hydrogen-bond donors (Lipinski definition) is 0. The summed E-state index contributed by atoms with van der Waals surface area (Å²) in [6, 6.07) is 0. The molecule has 0 saturated carbocycles. The molecule has 1 aliphatic heterocycles. The Kier molecular flexibility index (Phi) is 5.51. The van der Waals surface area contributed by atoms with E-state index in [1.165, 1.54) is 0 Å². The highest BCUT2D eigenvalue weighted by Gasteiger charge is 2.41. The van der Waals surface area contributed by atoms with E-state index in [1.807, 2.05) is 23.9 Å². The Labute approximate surface area is 115 Å². The molecule has 0 spiro atoms. The smallest absolute Gasteiger partial charge is 0.211 e. The number of morpholine rings is 1. The quantitative estimate of drug-likeness (QED) is 0.560. The third-order valence-corrected chi connectivity index (χ3v) is 4.42. The van der Waals surface area contributed by atoms with Crippen molar-refractivity contribution in [1.29, 1.82) is 0 Å². The first-order chi connectivity index (χ1) is 8.65. The van der Waals surface area contributed by atoms with Crippen molar-refractivity contribution in [2.45, 2.75) is 5.54 Å². The van der Waals surface area contributed by atoms with E-state index >= 15 is 0 Å². The van der Waals surface area contributed by atoms with Crippen LogP contribution in [0.5, 0.6) is 0 Å². The summed E-state index contributed by atoms with van der Waals surface area (Å²) >= 11 is 0. The lowest BCUT2D eigenvalue weighted by molar-refractivity contribution is -0.0401. The van der Waals surface area contributed by atoms with Gasteiger partial charge in [0.2, 0.25) is 10.3 Å². The van der Waals surface area contributed by atoms with E-state index in [2.05, 4.69) is 0 Å². The first-order valence-corrected chi connectivity index (χ1v) is 8.94. The average Bonchev–Trinajstić information content (AvgIpc) is 2.17. The average molecular weight is 312 g/mol.